The van der Waals surface area contributed by atoms with Crippen LogP contribution in [0.4, 0.5) is 0 Å². The number of carbonyl (C=O) groups is 1. The van der Waals surface area contributed by atoms with Crippen molar-refractivity contribution < 1.29 is 13.2 Å². The molecule has 1 saturated heterocycles. The van der Waals surface area contributed by atoms with Crippen LogP contribution < -0.4 is 0 Å². The number of carbonyl (C=O) groups excluding carboxylic acids is 1. The molecule has 1 aromatic rings. The molecule has 0 spiro atoms. The number of nitrogens with zero attached hydrogens (tertiary/aromatic N) is 2. The van der Waals surface area contributed by atoms with Crippen LogP contribution >= 0.6 is 11.8 Å². The average molecular weight is 367 g/mol. The minimum atomic E-state index is -3.82. The molecule has 24 heavy (non-hydrogen) atoms. The number of benzene rings is 1. The second kappa shape index (κ2) is 6.52. The molecule has 2 fully saturated rings. The molecule has 1 aromatic carbocycles. The van der Waals surface area contributed by atoms with Crippen LogP contribution in [-0.4, -0.2) is 35.2 Å². The molecule has 3 rings (SSSR count). The molecule has 1 aliphatic carbocycles. The highest BCUT2D eigenvalue weighted by atomic mass is 32.2. The molecule has 0 unspecified atom stereocenters. The largest absolute Gasteiger partial charge is 0.286 e. The van der Waals surface area contributed by atoms with Gasteiger partial charge in [-0.3, -0.25) is 9.69 Å². The lowest BCUT2D eigenvalue weighted by Gasteiger charge is -2.31. The Bertz CT molecular complexity index is 751. The van der Waals surface area contributed by atoms with Crippen molar-refractivity contribution in [2.75, 3.05) is 0 Å². The highest BCUT2D eigenvalue weighted by Gasteiger charge is 2.48. The third-order valence-electron chi connectivity index (χ3n) is 4.47. The fourth-order valence-corrected chi connectivity index (χ4v) is 5.49. The molecule has 7 heteroatoms. The zero-order valence-electron chi connectivity index (χ0n) is 13.9. The number of sulfonamides is 1. The van der Waals surface area contributed by atoms with Gasteiger partial charge in [0, 0.05) is 6.04 Å². The first-order valence-corrected chi connectivity index (χ1v) is 10.5. The Hall–Kier alpha value is -1.34. The van der Waals surface area contributed by atoms with Crippen molar-refractivity contribution in [1.82, 2.24) is 4.90 Å². The van der Waals surface area contributed by atoms with Crippen LogP contribution in [0.1, 0.15) is 46.0 Å². The smallest absolute Gasteiger partial charge is 0.284 e. The van der Waals surface area contributed by atoms with E-state index in [1.165, 1.54) is 30.3 Å². The highest BCUT2D eigenvalue weighted by molar-refractivity contribution is 8.16. The van der Waals surface area contributed by atoms with Crippen molar-refractivity contribution in [2.45, 2.75) is 61.6 Å². The summed E-state index contributed by atoms with van der Waals surface area (Å²) < 4.78 is 28.6. The summed E-state index contributed by atoms with van der Waals surface area (Å²) >= 11 is 1.25. The zero-order chi connectivity index (χ0) is 17.4. The third-order valence-corrected chi connectivity index (χ3v) is 7.02. The summed E-state index contributed by atoms with van der Waals surface area (Å²) in [6.45, 7) is 3.65. The monoisotopic (exact) mass is 366 g/mol. The molecular formula is C17H22N2O3S2. The summed E-state index contributed by atoms with van der Waals surface area (Å²) in [7, 11) is -3.82. The molecule has 130 valence electrons. The SMILES string of the molecule is CC1(C)SC(=NS(=O)(=O)c2ccccc2)N(C2CCCCC2)C1=O. The third kappa shape index (κ3) is 3.37. The van der Waals surface area contributed by atoms with Gasteiger partial charge in [-0.1, -0.05) is 49.2 Å². The summed E-state index contributed by atoms with van der Waals surface area (Å²) in [6.07, 6.45) is 5.12. The van der Waals surface area contributed by atoms with E-state index >= 15 is 0 Å². The Labute approximate surface area is 147 Å². The van der Waals surface area contributed by atoms with E-state index in [9.17, 15) is 13.2 Å². The first-order chi connectivity index (χ1) is 11.3. The molecular weight excluding hydrogens is 344 g/mol. The van der Waals surface area contributed by atoms with Gasteiger partial charge in [0.25, 0.3) is 10.0 Å². The van der Waals surface area contributed by atoms with Gasteiger partial charge in [0.15, 0.2) is 5.17 Å². The van der Waals surface area contributed by atoms with E-state index in [-0.39, 0.29) is 16.8 Å². The molecule has 2 aliphatic rings. The highest BCUT2D eigenvalue weighted by Crippen LogP contribution is 2.41. The number of amidine groups is 1. The predicted octanol–water partition coefficient (Wildman–Crippen LogP) is 3.42. The van der Waals surface area contributed by atoms with Gasteiger partial charge in [-0.15, -0.1) is 4.40 Å². The Morgan fingerprint density at radius 1 is 1.12 bits per heavy atom. The first kappa shape index (κ1) is 17.5. The van der Waals surface area contributed by atoms with E-state index in [4.69, 9.17) is 0 Å². The predicted molar refractivity (Wildman–Crippen MR) is 96.5 cm³/mol. The van der Waals surface area contributed by atoms with Crippen LogP contribution in [0.5, 0.6) is 0 Å². The molecule has 1 heterocycles. The van der Waals surface area contributed by atoms with E-state index in [1.807, 2.05) is 13.8 Å². The summed E-state index contributed by atoms with van der Waals surface area (Å²) in [5.41, 5.74) is 0. The van der Waals surface area contributed by atoms with Crippen LogP contribution in [0.25, 0.3) is 0 Å². The Balaban J connectivity index is 1.99. The number of hydrogen-bond acceptors (Lipinski definition) is 4. The maximum absolute atomic E-state index is 12.8. The second-order valence-corrected chi connectivity index (χ2v) is 9.94. The summed E-state index contributed by atoms with van der Waals surface area (Å²) in [5.74, 6) is -0.0404. The quantitative estimate of drug-likeness (QED) is 0.822. The average Bonchev–Trinajstić information content (AvgIpc) is 2.77. The van der Waals surface area contributed by atoms with Gasteiger partial charge in [-0.2, -0.15) is 8.42 Å². The number of rotatable bonds is 3. The van der Waals surface area contributed by atoms with E-state index < -0.39 is 14.8 Å². The maximum atomic E-state index is 12.8. The molecule has 0 atom stereocenters. The van der Waals surface area contributed by atoms with Crippen molar-refractivity contribution in [2.24, 2.45) is 4.40 Å². The molecule has 0 radical (unpaired) electrons. The number of amides is 1. The van der Waals surface area contributed by atoms with E-state index in [0.717, 1.165) is 25.7 Å². The summed E-state index contributed by atoms with van der Waals surface area (Å²) in [5, 5.41) is 0.320. The molecule has 1 amide bonds. The van der Waals surface area contributed by atoms with Crippen LogP contribution in [0.3, 0.4) is 0 Å². The van der Waals surface area contributed by atoms with Crippen molar-refractivity contribution in [3.05, 3.63) is 30.3 Å². The molecule has 1 aliphatic heterocycles. The molecule has 5 nitrogen and oxygen atoms in total. The van der Waals surface area contributed by atoms with Crippen molar-refractivity contribution >= 4 is 32.9 Å². The Morgan fingerprint density at radius 2 is 1.75 bits per heavy atom. The van der Waals surface area contributed by atoms with Crippen LogP contribution in [0, 0.1) is 0 Å². The van der Waals surface area contributed by atoms with Gasteiger partial charge in [0.05, 0.1) is 9.64 Å². The van der Waals surface area contributed by atoms with Crippen molar-refractivity contribution in [3.63, 3.8) is 0 Å². The summed E-state index contributed by atoms with van der Waals surface area (Å²) in [6, 6.07) is 8.21. The minimum Gasteiger partial charge on any atom is -0.286 e. The molecule has 0 N–H and O–H groups in total. The first-order valence-electron chi connectivity index (χ1n) is 8.24. The fourth-order valence-electron chi connectivity index (χ4n) is 3.17. The van der Waals surface area contributed by atoms with Crippen LogP contribution in [-0.2, 0) is 14.8 Å². The van der Waals surface area contributed by atoms with E-state index in [2.05, 4.69) is 4.40 Å². The minimum absolute atomic E-state index is 0.0404. The van der Waals surface area contributed by atoms with Gasteiger partial charge in [-0.25, -0.2) is 0 Å². The lowest BCUT2D eigenvalue weighted by atomic mass is 9.94. The van der Waals surface area contributed by atoms with Gasteiger partial charge in [0.1, 0.15) is 0 Å². The molecule has 0 bridgehead atoms. The summed E-state index contributed by atoms with van der Waals surface area (Å²) in [4.78, 5) is 14.6. The van der Waals surface area contributed by atoms with Gasteiger partial charge < -0.3 is 0 Å². The maximum Gasteiger partial charge on any atom is 0.284 e. The zero-order valence-corrected chi connectivity index (χ0v) is 15.6. The molecule has 1 saturated carbocycles. The number of thioether (sulfide) groups is 1. The number of hydrogen-bond donors (Lipinski definition) is 0. The second-order valence-electron chi connectivity index (χ2n) is 6.74. The van der Waals surface area contributed by atoms with Crippen LogP contribution in [0.15, 0.2) is 39.6 Å². The van der Waals surface area contributed by atoms with Crippen LogP contribution in [0.2, 0.25) is 0 Å². The standard InChI is InChI=1S/C17H22N2O3S2/c1-17(2)15(20)19(13-9-5-3-6-10-13)16(23-17)18-24(21,22)14-11-7-4-8-12-14/h4,7-8,11-13H,3,5-6,9-10H2,1-2H3. The Morgan fingerprint density at radius 3 is 2.38 bits per heavy atom. The topological polar surface area (TPSA) is 66.8 Å². The molecule has 0 aromatic heterocycles. The fraction of sp³-hybridized carbons (Fsp3) is 0.529. The van der Waals surface area contributed by atoms with Gasteiger partial charge >= 0.3 is 0 Å². The van der Waals surface area contributed by atoms with Gasteiger partial charge in [-0.05, 0) is 38.8 Å². The van der Waals surface area contributed by atoms with Crippen molar-refractivity contribution in [1.29, 1.82) is 0 Å². The lowest BCUT2D eigenvalue weighted by Crippen LogP contribution is -2.44. The lowest BCUT2D eigenvalue weighted by molar-refractivity contribution is -0.130. The Kier molecular flexibility index (Phi) is 4.75. The van der Waals surface area contributed by atoms with E-state index in [1.54, 1.807) is 23.1 Å². The van der Waals surface area contributed by atoms with Gasteiger partial charge in [0.2, 0.25) is 5.91 Å². The van der Waals surface area contributed by atoms with E-state index in [0.29, 0.717) is 5.17 Å². The van der Waals surface area contributed by atoms with Crippen molar-refractivity contribution in [3.8, 4) is 0 Å². The normalized spacial score (nSPS) is 23.8.